The number of hydrogen-bond acceptors (Lipinski definition) is 5. The predicted octanol–water partition coefficient (Wildman–Crippen LogP) is 0.850. The summed E-state index contributed by atoms with van der Waals surface area (Å²) in [5, 5.41) is 2.52. The van der Waals surface area contributed by atoms with Gasteiger partial charge in [-0.1, -0.05) is 6.07 Å². The van der Waals surface area contributed by atoms with Gasteiger partial charge in [-0.15, -0.1) is 0 Å². The first kappa shape index (κ1) is 13.9. The van der Waals surface area contributed by atoms with Crippen LogP contribution in [-0.2, 0) is 20.7 Å². The zero-order chi connectivity index (χ0) is 14.6. The van der Waals surface area contributed by atoms with E-state index in [1.807, 2.05) is 18.2 Å². The van der Waals surface area contributed by atoms with Crippen LogP contribution in [0, 0.1) is 0 Å². The van der Waals surface area contributed by atoms with E-state index >= 15 is 0 Å². The molecule has 0 radical (unpaired) electrons. The van der Waals surface area contributed by atoms with Gasteiger partial charge in [0.05, 0.1) is 18.1 Å². The van der Waals surface area contributed by atoms with E-state index in [0.717, 1.165) is 16.6 Å². The molecule has 1 atom stereocenters. The third-order valence-corrected chi connectivity index (χ3v) is 3.10. The molecule has 104 valence electrons. The zero-order valence-corrected chi connectivity index (χ0v) is 11.3. The van der Waals surface area contributed by atoms with Crippen LogP contribution in [0.1, 0.15) is 12.5 Å². The number of fused-ring (bicyclic) bond motifs is 1. The quantitative estimate of drug-likeness (QED) is 0.645. The second kappa shape index (κ2) is 5.64. The molecule has 0 aliphatic carbocycles. The van der Waals surface area contributed by atoms with Gasteiger partial charge in [-0.05, 0) is 24.6 Å². The molecule has 1 aromatic heterocycles. The van der Waals surface area contributed by atoms with Crippen molar-refractivity contribution in [2.45, 2.75) is 18.9 Å². The average molecular weight is 273 g/mol. The largest absolute Gasteiger partial charge is 0.467 e. The molecule has 1 aromatic carbocycles. The van der Waals surface area contributed by atoms with Gasteiger partial charge < -0.3 is 10.1 Å². The first-order valence-electron chi connectivity index (χ1n) is 6.08. The van der Waals surface area contributed by atoms with Crippen LogP contribution >= 0.6 is 0 Å². The zero-order valence-electron chi connectivity index (χ0n) is 11.3. The topological polar surface area (TPSA) is 81.2 Å². The number of nitrogens with zero attached hydrogens (tertiary/aromatic N) is 2. The number of ether oxygens (including phenoxy) is 1. The number of aromatic nitrogens is 2. The van der Waals surface area contributed by atoms with E-state index in [1.54, 1.807) is 19.3 Å². The molecule has 0 spiro atoms. The monoisotopic (exact) mass is 273 g/mol. The highest BCUT2D eigenvalue weighted by atomic mass is 16.5. The van der Waals surface area contributed by atoms with Crippen molar-refractivity contribution < 1.29 is 14.3 Å². The smallest absolute Gasteiger partial charge is 0.331 e. The van der Waals surface area contributed by atoms with Gasteiger partial charge in [-0.25, -0.2) is 4.79 Å². The van der Waals surface area contributed by atoms with Crippen molar-refractivity contribution in [1.29, 1.82) is 0 Å². The van der Waals surface area contributed by atoms with Gasteiger partial charge in [0.15, 0.2) is 0 Å². The van der Waals surface area contributed by atoms with Crippen LogP contribution in [0.25, 0.3) is 11.0 Å². The number of rotatable bonds is 5. The fourth-order valence-electron chi connectivity index (χ4n) is 2.06. The van der Waals surface area contributed by atoms with Gasteiger partial charge in [-0.2, -0.15) is 0 Å². The Bertz CT molecular complexity index is 644. The molecule has 6 heteroatoms. The van der Waals surface area contributed by atoms with Gasteiger partial charge in [0, 0.05) is 18.8 Å². The maximum Gasteiger partial charge on any atom is 0.331 e. The Kier molecular flexibility index (Phi) is 3.93. The van der Waals surface area contributed by atoms with Crippen molar-refractivity contribution in [2.75, 3.05) is 7.11 Å². The molecule has 20 heavy (non-hydrogen) atoms. The molecule has 2 rings (SSSR count). The molecule has 1 heterocycles. The average Bonchev–Trinajstić information content (AvgIpc) is 2.46. The van der Waals surface area contributed by atoms with E-state index in [0.29, 0.717) is 12.8 Å². The molecule has 2 aromatic rings. The Labute approximate surface area is 116 Å². The summed E-state index contributed by atoms with van der Waals surface area (Å²) in [6.07, 6.45) is 4.03. The van der Waals surface area contributed by atoms with E-state index in [1.165, 1.54) is 7.11 Å². The Morgan fingerprint density at radius 1 is 1.35 bits per heavy atom. The maximum atomic E-state index is 11.8. The van der Waals surface area contributed by atoms with E-state index in [9.17, 15) is 9.59 Å². The molecule has 1 N–H and O–H groups in total. The molecule has 0 unspecified atom stereocenters. The first-order chi connectivity index (χ1) is 9.59. The van der Waals surface area contributed by atoms with Crippen molar-refractivity contribution in [2.24, 2.45) is 0 Å². The highest BCUT2D eigenvalue weighted by Gasteiger charge is 2.34. The van der Waals surface area contributed by atoms with Crippen LogP contribution < -0.4 is 5.32 Å². The molecular weight excluding hydrogens is 258 g/mol. The second-order valence-electron chi connectivity index (χ2n) is 4.64. The molecule has 0 bridgehead atoms. The van der Waals surface area contributed by atoms with Gasteiger partial charge in [0.1, 0.15) is 5.54 Å². The maximum absolute atomic E-state index is 11.8. The van der Waals surface area contributed by atoms with Gasteiger partial charge in [0.2, 0.25) is 6.41 Å². The van der Waals surface area contributed by atoms with Crippen LogP contribution in [0.3, 0.4) is 0 Å². The van der Waals surface area contributed by atoms with E-state index < -0.39 is 11.5 Å². The van der Waals surface area contributed by atoms with Crippen molar-refractivity contribution >= 4 is 23.4 Å². The summed E-state index contributed by atoms with van der Waals surface area (Å²) in [6, 6.07) is 5.52. The van der Waals surface area contributed by atoms with Crippen LogP contribution in [0.2, 0.25) is 0 Å². The molecule has 1 amide bonds. The number of benzene rings is 1. The lowest BCUT2D eigenvalue weighted by atomic mass is 9.93. The molecule has 0 saturated heterocycles. The highest BCUT2D eigenvalue weighted by Crippen LogP contribution is 2.18. The van der Waals surface area contributed by atoms with Crippen LogP contribution in [0.4, 0.5) is 0 Å². The van der Waals surface area contributed by atoms with E-state index in [4.69, 9.17) is 4.74 Å². The van der Waals surface area contributed by atoms with Crippen molar-refractivity contribution in [3.63, 3.8) is 0 Å². The van der Waals surface area contributed by atoms with Crippen LogP contribution in [0.15, 0.2) is 30.6 Å². The highest BCUT2D eigenvalue weighted by molar-refractivity contribution is 5.83. The predicted molar refractivity (Wildman–Crippen MR) is 72.9 cm³/mol. The fraction of sp³-hybridized carbons (Fsp3) is 0.286. The minimum Gasteiger partial charge on any atom is -0.467 e. The first-order valence-corrected chi connectivity index (χ1v) is 6.08. The number of methoxy groups -OCH3 is 1. The van der Waals surface area contributed by atoms with Crippen molar-refractivity contribution in [3.05, 3.63) is 36.2 Å². The molecule has 0 saturated carbocycles. The van der Waals surface area contributed by atoms with Crippen LogP contribution in [-0.4, -0.2) is 35.0 Å². The summed E-state index contributed by atoms with van der Waals surface area (Å²) in [5.74, 6) is -0.496. The molecule has 0 fully saturated rings. The minimum absolute atomic E-state index is 0.310. The number of esters is 1. The van der Waals surface area contributed by atoms with Crippen molar-refractivity contribution in [1.82, 2.24) is 15.3 Å². The third kappa shape index (κ3) is 2.74. The summed E-state index contributed by atoms with van der Waals surface area (Å²) in [4.78, 5) is 30.9. The molecular formula is C14H15N3O3. The van der Waals surface area contributed by atoms with E-state index in [2.05, 4.69) is 15.3 Å². The number of nitrogens with one attached hydrogen (secondary N) is 1. The Morgan fingerprint density at radius 3 is 2.70 bits per heavy atom. The fourth-order valence-corrected chi connectivity index (χ4v) is 2.06. The summed E-state index contributed by atoms with van der Waals surface area (Å²) in [5.41, 5.74) is 1.27. The summed E-state index contributed by atoms with van der Waals surface area (Å²) in [6.45, 7) is 1.62. The molecule has 6 nitrogen and oxygen atoms in total. The Balaban J connectivity index is 2.33. The number of carbonyl (C=O) groups is 2. The molecule has 0 aliphatic heterocycles. The number of amides is 1. The Hall–Kier alpha value is -2.50. The van der Waals surface area contributed by atoms with Crippen LogP contribution in [0.5, 0.6) is 0 Å². The lowest BCUT2D eigenvalue weighted by Crippen LogP contribution is -2.51. The lowest BCUT2D eigenvalue weighted by molar-refractivity contribution is -0.148. The minimum atomic E-state index is -1.10. The standard InChI is InChI=1S/C14H15N3O3/c1-14(17-9-18,13(19)20-2)8-10-3-4-11-12(7-10)16-6-5-15-11/h3-7,9H,8H2,1-2H3,(H,17,18)/t14-/m0/s1. The second-order valence-corrected chi connectivity index (χ2v) is 4.64. The summed E-state index contributed by atoms with van der Waals surface area (Å²) >= 11 is 0. The molecule has 0 aliphatic rings. The van der Waals surface area contributed by atoms with Crippen molar-refractivity contribution in [3.8, 4) is 0 Å². The normalized spacial score (nSPS) is 13.5. The number of carbonyl (C=O) groups excluding carboxylic acids is 2. The SMILES string of the molecule is COC(=O)[C@](C)(Cc1ccc2nccnc2c1)NC=O. The Morgan fingerprint density at radius 2 is 2.05 bits per heavy atom. The van der Waals surface area contributed by atoms with Gasteiger partial charge >= 0.3 is 5.97 Å². The van der Waals surface area contributed by atoms with Gasteiger partial charge in [-0.3, -0.25) is 14.8 Å². The van der Waals surface area contributed by atoms with E-state index in [-0.39, 0.29) is 0 Å². The lowest BCUT2D eigenvalue weighted by Gasteiger charge is -2.25. The van der Waals surface area contributed by atoms with Gasteiger partial charge in [0.25, 0.3) is 0 Å². The summed E-state index contributed by atoms with van der Waals surface area (Å²) < 4.78 is 4.74. The number of hydrogen-bond donors (Lipinski definition) is 1. The summed E-state index contributed by atoms with van der Waals surface area (Å²) in [7, 11) is 1.29. The third-order valence-electron chi connectivity index (χ3n) is 3.10.